The molecule has 0 aromatic heterocycles. The van der Waals surface area contributed by atoms with Crippen molar-refractivity contribution in [1.29, 1.82) is 0 Å². The van der Waals surface area contributed by atoms with Crippen LogP contribution >= 0.6 is 15.9 Å². The molecule has 1 aliphatic carbocycles. The number of esters is 1. The summed E-state index contributed by atoms with van der Waals surface area (Å²) in [6.45, 7) is 4.09. The quantitative estimate of drug-likeness (QED) is 0.600. The van der Waals surface area contributed by atoms with E-state index < -0.39 is 0 Å². The van der Waals surface area contributed by atoms with E-state index >= 15 is 0 Å². The molecule has 0 aliphatic heterocycles. The molecule has 0 unspecified atom stereocenters. The van der Waals surface area contributed by atoms with Gasteiger partial charge in [0, 0.05) is 10.0 Å². The fourth-order valence-corrected chi connectivity index (χ4v) is 3.09. The smallest absolute Gasteiger partial charge is 0.309 e. The van der Waals surface area contributed by atoms with Crippen LogP contribution in [0.15, 0.2) is 28.7 Å². The van der Waals surface area contributed by atoms with E-state index in [4.69, 9.17) is 4.74 Å². The summed E-state index contributed by atoms with van der Waals surface area (Å²) in [6.07, 6.45) is 3.09. The largest absolute Gasteiger partial charge is 0.457 e. The normalized spacial score (nSPS) is 25.4. The zero-order valence-corrected chi connectivity index (χ0v) is 14.1. The van der Waals surface area contributed by atoms with Gasteiger partial charge in [-0.1, -0.05) is 48.3 Å². The molecule has 1 aromatic carbocycles. The summed E-state index contributed by atoms with van der Waals surface area (Å²) in [4.78, 5) is 24.2. The first kappa shape index (κ1) is 16.2. The Hall–Kier alpha value is -1.16. The van der Waals surface area contributed by atoms with Crippen molar-refractivity contribution in [2.75, 3.05) is 6.61 Å². The third-order valence-electron chi connectivity index (χ3n) is 4.27. The van der Waals surface area contributed by atoms with Crippen molar-refractivity contribution in [1.82, 2.24) is 0 Å². The number of rotatable bonds is 4. The van der Waals surface area contributed by atoms with Crippen LogP contribution < -0.4 is 0 Å². The highest BCUT2D eigenvalue weighted by Gasteiger charge is 2.32. The van der Waals surface area contributed by atoms with Crippen molar-refractivity contribution in [2.45, 2.75) is 33.1 Å². The van der Waals surface area contributed by atoms with E-state index in [1.54, 1.807) is 24.3 Å². The highest BCUT2D eigenvalue weighted by atomic mass is 79.9. The summed E-state index contributed by atoms with van der Waals surface area (Å²) >= 11 is 3.32. The molecule has 0 radical (unpaired) electrons. The van der Waals surface area contributed by atoms with Gasteiger partial charge in [0.25, 0.3) is 0 Å². The molecule has 1 aromatic rings. The van der Waals surface area contributed by atoms with Gasteiger partial charge in [-0.05, 0) is 36.8 Å². The van der Waals surface area contributed by atoms with Gasteiger partial charge in [-0.3, -0.25) is 9.59 Å². The van der Waals surface area contributed by atoms with Crippen molar-refractivity contribution in [3.63, 3.8) is 0 Å². The molecule has 21 heavy (non-hydrogen) atoms. The van der Waals surface area contributed by atoms with Crippen LogP contribution in [0, 0.1) is 17.8 Å². The monoisotopic (exact) mass is 352 g/mol. The Balaban J connectivity index is 1.88. The Bertz CT molecular complexity index is 509. The van der Waals surface area contributed by atoms with Crippen LogP contribution in [0.4, 0.5) is 0 Å². The van der Waals surface area contributed by atoms with E-state index in [9.17, 15) is 9.59 Å². The summed E-state index contributed by atoms with van der Waals surface area (Å²) < 4.78 is 6.16. The number of ketones is 1. The Labute approximate surface area is 134 Å². The minimum atomic E-state index is -0.223. The molecule has 1 fully saturated rings. The van der Waals surface area contributed by atoms with E-state index in [0.717, 1.165) is 17.3 Å². The molecule has 0 N–H and O–H groups in total. The molecule has 114 valence electrons. The van der Waals surface area contributed by atoms with Crippen LogP contribution in [0.3, 0.4) is 0 Å². The van der Waals surface area contributed by atoms with Crippen molar-refractivity contribution in [3.05, 3.63) is 34.3 Å². The van der Waals surface area contributed by atoms with Crippen LogP contribution in [0.5, 0.6) is 0 Å². The zero-order valence-electron chi connectivity index (χ0n) is 12.5. The van der Waals surface area contributed by atoms with Crippen molar-refractivity contribution in [3.8, 4) is 0 Å². The van der Waals surface area contributed by atoms with Gasteiger partial charge in [0.2, 0.25) is 0 Å². The maximum absolute atomic E-state index is 12.2. The highest BCUT2D eigenvalue weighted by molar-refractivity contribution is 9.10. The van der Waals surface area contributed by atoms with Gasteiger partial charge in [-0.15, -0.1) is 0 Å². The number of Topliss-reactive ketones (excluding diaryl/α,β-unsaturated/α-hetero) is 1. The van der Waals surface area contributed by atoms with E-state index in [1.807, 2.05) is 0 Å². The van der Waals surface area contributed by atoms with Gasteiger partial charge in [0.1, 0.15) is 0 Å². The summed E-state index contributed by atoms with van der Waals surface area (Å²) in [6, 6.07) is 7.07. The third-order valence-corrected chi connectivity index (χ3v) is 4.80. The first-order chi connectivity index (χ1) is 9.97. The lowest BCUT2D eigenvalue weighted by molar-refractivity contribution is -0.151. The molecule has 0 amide bonds. The first-order valence-corrected chi connectivity index (χ1v) is 8.22. The highest BCUT2D eigenvalue weighted by Crippen LogP contribution is 2.34. The molecular formula is C17H21BrO3. The number of halogens is 1. The molecule has 0 spiro atoms. The predicted octanol–water partition coefficient (Wildman–Crippen LogP) is 4.25. The zero-order chi connectivity index (χ0) is 15.4. The minimum absolute atomic E-state index is 0.0635. The average Bonchev–Trinajstić information content (AvgIpc) is 2.47. The summed E-state index contributed by atoms with van der Waals surface area (Å²) in [7, 11) is 0. The van der Waals surface area contributed by atoms with Gasteiger partial charge < -0.3 is 4.74 Å². The van der Waals surface area contributed by atoms with Crippen molar-refractivity contribution in [2.24, 2.45) is 17.8 Å². The number of benzene rings is 1. The second-order valence-electron chi connectivity index (χ2n) is 6.04. The fraction of sp³-hybridized carbons (Fsp3) is 0.529. The standard InChI is InChI=1S/C17H21BrO3/c1-11-3-4-12(2)15(9-11)17(20)21-10-16(19)13-5-7-14(18)8-6-13/h5-8,11-12,15H,3-4,9-10H2,1-2H3/t11-,12+,15+/m1/s1. The topological polar surface area (TPSA) is 43.4 Å². The van der Waals surface area contributed by atoms with Crippen LogP contribution in [0.25, 0.3) is 0 Å². The Morgan fingerprint density at radius 1 is 1.19 bits per heavy atom. The molecule has 3 atom stereocenters. The van der Waals surface area contributed by atoms with Crippen LogP contribution in [-0.2, 0) is 9.53 Å². The molecule has 0 saturated heterocycles. The van der Waals surface area contributed by atoms with E-state index in [2.05, 4.69) is 29.8 Å². The van der Waals surface area contributed by atoms with Crippen LogP contribution in [0.2, 0.25) is 0 Å². The number of ether oxygens (including phenoxy) is 1. The second kappa shape index (κ2) is 7.21. The number of hydrogen-bond donors (Lipinski definition) is 0. The Morgan fingerprint density at radius 2 is 1.86 bits per heavy atom. The molecule has 1 saturated carbocycles. The Kier molecular flexibility index (Phi) is 5.57. The molecule has 0 heterocycles. The van der Waals surface area contributed by atoms with Gasteiger partial charge in [0.15, 0.2) is 12.4 Å². The van der Waals surface area contributed by atoms with E-state index in [-0.39, 0.29) is 24.3 Å². The number of carbonyl (C=O) groups excluding carboxylic acids is 2. The average molecular weight is 353 g/mol. The van der Waals surface area contributed by atoms with Gasteiger partial charge in [-0.2, -0.15) is 0 Å². The lowest BCUT2D eigenvalue weighted by Gasteiger charge is -2.30. The van der Waals surface area contributed by atoms with Gasteiger partial charge in [-0.25, -0.2) is 0 Å². The maximum Gasteiger partial charge on any atom is 0.309 e. The Morgan fingerprint density at radius 3 is 2.52 bits per heavy atom. The molecule has 0 bridgehead atoms. The molecular weight excluding hydrogens is 332 g/mol. The molecule has 4 heteroatoms. The maximum atomic E-state index is 12.2. The summed E-state index contributed by atoms with van der Waals surface area (Å²) in [5.41, 5.74) is 0.566. The summed E-state index contributed by atoms with van der Waals surface area (Å²) in [5, 5.41) is 0. The van der Waals surface area contributed by atoms with E-state index in [1.165, 1.54) is 6.42 Å². The lowest BCUT2D eigenvalue weighted by atomic mass is 9.75. The minimum Gasteiger partial charge on any atom is -0.457 e. The lowest BCUT2D eigenvalue weighted by Crippen LogP contribution is -2.31. The fourth-order valence-electron chi connectivity index (χ4n) is 2.82. The van der Waals surface area contributed by atoms with Crippen LogP contribution in [-0.4, -0.2) is 18.4 Å². The second-order valence-corrected chi connectivity index (χ2v) is 6.96. The van der Waals surface area contributed by atoms with Gasteiger partial charge >= 0.3 is 5.97 Å². The third kappa shape index (κ3) is 4.40. The summed E-state index contributed by atoms with van der Waals surface area (Å²) in [5.74, 6) is 0.454. The molecule has 2 rings (SSSR count). The van der Waals surface area contributed by atoms with E-state index in [0.29, 0.717) is 17.4 Å². The SMILES string of the molecule is C[C@@H]1CC[C@H](C)[C@@H](C(=O)OCC(=O)c2ccc(Br)cc2)C1. The predicted molar refractivity (Wildman–Crippen MR) is 85.1 cm³/mol. The number of hydrogen-bond acceptors (Lipinski definition) is 3. The van der Waals surface area contributed by atoms with Crippen molar-refractivity contribution < 1.29 is 14.3 Å². The van der Waals surface area contributed by atoms with Crippen LogP contribution in [0.1, 0.15) is 43.5 Å². The first-order valence-electron chi connectivity index (χ1n) is 7.42. The number of carbonyl (C=O) groups is 2. The van der Waals surface area contributed by atoms with Gasteiger partial charge in [0.05, 0.1) is 5.92 Å². The van der Waals surface area contributed by atoms with Crippen molar-refractivity contribution >= 4 is 27.7 Å². The molecule has 1 aliphatic rings. The molecule has 3 nitrogen and oxygen atoms in total.